The van der Waals surface area contributed by atoms with Crippen LogP contribution in [0.1, 0.15) is 28.3 Å². The van der Waals surface area contributed by atoms with Crippen molar-refractivity contribution in [1.82, 2.24) is 0 Å². The Morgan fingerprint density at radius 3 is 2.84 bits per heavy atom. The average molecular weight is 370 g/mol. The fraction of sp³-hybridized carbons (Fsp3) is 0.357. The molecule has 1 aromatic carbocycles. The molecule has 5 heteroatoms. The standard InChI is InChI=1S/C14H11IO4/c15-10-3-1-2-7-8-4-11-12(18-6-17-11)5-9(8)14(16)19-13(7)10/h1-2,4-5,7,10,13H,3,6H2/t7-,10+,13+/m0/s1. The van der Waals surface area contributed by atoms with Crippen LogP contribution in [0.4, 0.5) is 0 Å². The molecule has 0 fully saturated rings. The van der Waals surface area contributed by atoms with E-state index in [2.05, 4.69) is 34.7 Å². The number of ether oxygens (including phenoxy) is 3. The van der Waals surface area contributed by atoms with Crippen molar-refractivity contribution in [3.63, 3.8) is 0 Å². The molecule has 0 radical (unpaired) electrons. The number of halogens is 1. The number of rotatable bonds is 0. The van der Waals surface area contributed by atoms with Gasteiger partial charge in [0.15, 0.2) is 11.5 Å². The smallest absolute Gasteiger partial charge is 0.338 e. The van der Waals surface area contributed by atoms with Gasteiger partial charge in [-0.1, -0.05) is 34.7 Å². The number of carbonyl (C=O) groups is 1. The zero-order valence-electron chi connectivity index (χ0n) is 9.97. The second-order valence-corrected chi connectivity index (χ2v) is 6.47. The van der Waals surface area contributed by atoms with Crippen molar-refractivity contribution < 1.29 is 19.0 Å². The summed E-state index contributed by atoms with van der Waals surface area (Å²) >= 11 is 2.35. The van der Waals surface area contributed by atoms with Crippen LogP contribution in [0, 0.1) is 0 Å². The van der Waals surface area contributed by atoms with E-state index in [9.17, 15) is 4.79 Å². The Bertz CT molecular complexity index is 595. The van der Waals surface area contributed by atoms with Crippen molar-refractivity contribution >= 4 is 28.6 Å². The van der Waals surface area contributed by atoms with Crippen molar-refractivity contribution in [3.05, 3.63) is 35.4 Å². The number of alkyl halides is 1. The van der Waals surface area contributed by atoms with Gasteiger partial charge in [-0.15, -0.1) is 0 Å². The van der Waals surface area contributed by atoms with Crippen molar-refractivity contribution in [2.75, 3.05) is 6.79 Å². The summed E-state index contributed by atoms with van der Waals surface area (Å²) in [6.07, 6.45) is 5.15. The van der Waals surface area contributed by atoms with Gasteiger partial charge >= 0.3 is 5.97 Å². The number of benzene rings is 1. The number of carbonyl (C=O) groups excluding carboxylic acids is 1. The molecule has 1 aromatic rings. The van der Waals surface area contributed by atoms with Crippen molar-refractivity contribution in [2.24, 2.45) is 0 Å². The SMILES string of the molecule is O=C1O[C@H]2[C@H](I)CC=C[C@H]2c2cc3c(cc21)OCO3. The van der Waals surface area contributed by atoms with Gasteiger partial charge in [-0.3, -0.25) is 0 Å². The van der Waals surface area contributed by atoms with E-state index in [4.69, 9.17) is 14.2 Å². The lowest BCUT2D eigenvalue weighted by atomic mass is 9.82. The third-order valence-electron chi connectivity index (χ3n) is 3.78. The van der Waals surface area contributed by atoms with Crippen LogP contribution in [0.15, 0.2) is 24.3 Å². The zero-order chi connectivity index (χ0) is 13.0. The maximum absolute atomic E-state index is 12.1. The molecule has 2 heterocycles. The van der Waals surface area contributed by atoms with Gasteiger partial charge in [0.2, 0.25) is 6.79 Å². The number of fused-ring (bicyclic) bond motifs is 4. The summed E-state index contributed by atoms with van der Waals surface area (Å²) in [6.45, 7) is 0.214. The third-order valence-corrected chi connectivity index (χ3v) is 5.00. The molecule has 0 aromatic heterocycles. The molecule has 1 aliphatic carbocycles. The maximum atomic E-state index is 12.1. The molecule has 0 unspecified atom stereocenters. The molecule has 0 N–H and O–H groups in total. The number of esters is 1. The van der Waals surface area contributed by atoms with Gasteiger partial charge in [-0.2, -0.15) is 0 Å². The highest BCUT2D eigenvalue weighted by molar-refractivity contribution is 14.1. The molecule has 4 rings (SSSR count). The van der Waals surface area contributed by atoms with Crippen LogP contribution in [-0.2, 0) is 4.74 Å². The van der Waals surface area contributed by atoms with Gasteiger partial charge in [-0.25, -0.2) is 4.79 Å². The number of hydrogen-bond acceptors (Lipinski definition) is 4. The fourth-order valence-corrected chi connectivity index (χ4v) is 3.74. The Morgan fingerprint density at radius 1 is 1.21 bits per heavy atom. The van der Waals surface area contributed by atoms with Crippen LogP contribution in [-0.4, -0.2) is 22.8 Å². The Hall–Kier alpha value is -1.24. The van der Waals surface area contributed by atoms with E-state index in [1.54, 1.807) is 6.07 Å². The Labute approximate surface area is 123 Å². The first kappa shape index (κ1) is 11.6. The molecule has 0 saturated heterocycles. The molecule has 0 bridgehead atoms. The molecule has 0 spiro atoms. The van der Waals surface area contributed by atoms with Gasteiger partial charge in [0.05, 0.1) is 9.49 Å². The first-order valence-corrected chi connectivity index (χ1v) is 7.44. The molecule has 0 amide bonds. The van der Waals surface area contributed by atoms with Crippen molar-refractivity contribution in [1.29, 1.82) is 0 Å². The van der Waals surface area contributed by atoms with E-state index >= 15 is 0 Å². The summed E-state index contributed by atoms with van der Waals surface area (Å²) < 4.78 is 16.6. The fourth-order valence-electron chi connectivity index (χ4n) is 2.85. The normalized spacial score (nSPS) is 30.6. The summed E-state index contributed by atoms with van der Waals surface area (Å²) in [6, 6.07) is 3.66. The minimum absolute atomic E-state index is 0.0778. The lowest BCUT2D eigenvalue weighted by Crippen LogP contribution is -2.39. The minimum Gasteiger partial charge on any atom is -0.457 e. The van der Waals surface area contributed by atoms with Gasteiger partial charge < -0.3 is 14.2 Å². The van der Waals surface area contributed by atoms with Gasteiger partial charge in [0.1, 0.15) is 6.10 Å². The topological polar surface area (TPSA) is 44.8 Å². The highest BCUT2D eigenvalue weighted by atomic mass is 127. The monoisotopic (exact) mass is 370 g/mol. The highest BCUT2D eigenvalue weighted by Crippen LogP contribution is 2.44. The maximum Gasteiger partial charge on any atom is 0.338 e. The van der Waals surface area contributed by atoms with Gasteiger partial charge in [-0.05, 0) is 24.1 Å². The predicted molar refractivity (Wildman–Crippen MR) is 76.1 cm³/mol. The first-order valence-electron chi connectivity index (χ1n) is 6.19. The van der Waals surface area contributed by atoms with Crippen LogP contribution >= 0.6 is 22.6 Å². The number of hydrogen-bond donors (Lipinski definition) is 0. The first-order chi connectivity index (χ1) is 9.24. The predicted octanol–water partition coefficient (Wildman–Crippen LogP) is 2.80. The Morgan fingerprint density at radius 2 is 2.00 bits per heavy atom. The van der Waals surface area contributed by atoms with Gasteiger partial charge in [0.25, 0.3) is 0 Å². The Balaban J connectivity index is 1.88. The number of allylic oxidation sites excluding steroid dienone is 1. The second kappa shape index (κ2) is 4.13. The molecule has 19 heavy (non-hydrogen) atoms. The summed E-state index contributed by atoms with van der Waals surface area (Å²) in [4.78, 5) is 12.1. The van der Waals surface area contributed by atoms with Crippen LogP contribution in [0.5, 0.6) is 11.5 Å². The lowest BCUT2D eigenvalue weighted by molar-refractivity contribution is 0.0213. The van der Waals surface area contributed by atoms with Gasteiger partial charge in [0, 0.05) is 5.92 Å². The molecule has 98 valence electrons. The molecule has 0 saturated carbocycles. The molecule has 2 aliphatic heterocycles. The van der Waals surface area contributed by atoms with Crippen LogP contribution < -0.4 is 9.47 Å². The summed E-state index contributed by atoms with van der Waals surface area (Å²) in [5.41, 5.74) is 1.59. The summed E-state index contributed by atoms with van der Waals surface area (Å²) in [7, 11) is 0. The van der Waals surface area contributed by atoms with E-state index in [-0.39, 0.29) is 24.8 Å². The average Bonchev–Trinajstić information content (AvgIpc) is 2.86. The van der Waals surface area contributed by atoms with Crippen LogP contribution in [0.25, 0.3) is 0 Å². The highest BCUT2D eigenvalue weighted by Gasteiger charge is 2.40. The summed E-state index contributed by atoms with van der Waals surface area (Å²) in [5, 5.41) is 0. The van der Waals surface area contributed by atoms with E-state index < -0.39 is 0 Å². The summed E-state index contributed by atoms with van der Waals surface area (Å²) in [5.74, 6) is 1.21. The molecule has 3 aliphatic rings. The molecular formula is C14H11IO4. The van der Waals surface area contributed by atoms with E-state index in [0.29, 0.717) is 15.2 Å². The van der Waals surface area contributed by atoms with E-state index in [0.717, 1.165) is 17.7 Å². The minimum atomic E-state index is -0.258. The second-order valence-electron chi connectivity index (χ2n) is 4.87. The molecular weight excluding hydrogens is 359 g/mol. The zero-order valence-corrected chi connectivity index (χ0v) is 12.1. The quantitative estimate of drug-likeness (QED) is 0.305. The Kier molecular flexibility index (Phi) is 2.51. The van der Waals surface area contributed by atoms with Crippen molar-refractivity contribution in [2.45, 2.75) is 22.4 Å². The van der Waals surface area contributed by atoms with E-state index in [1.165, 1.54) is 0 Å². The molecule has 4 nitrogen and oxygen atoms in total. The van der Waals surface area contributed by atoms with Crippen LogP contribution in [0.2, 0.25) is 0 Å². The van der Waals surface area contributed by atoms with Crippen molar-refractivity contribution in [3.8, 4) is 11.5 Å². The largest absolute Gasteiger partial charge is 0.457 e. The van der Waals surface area contributed by atoms with E-state index in [1.807, 2.05) is 6.07 Å². The third kappa shape index (κ3) is 1.67. The lowest BCUT2D eigenvalue weighted by Gasteiger charge is -2.36. The van der Waals surface area contributed by atoms with Crippen LogP contribution in [0.3, 0.4) is 0 Å². The molecule has 3 atom stereocenters.